The van der Waals surface area contributed by atoms with Gasteiger partial charge in [0.1, 0.15) is 0 Å². The molecule has 8 heteroatoms. The molecule has 0 aliphatic carbocycles. The fourth-order valence-corrected chi connectivity index (χ4v) is 5.59. The van der Waals surface area contributed by atoms with Gasteiger partial charge in [0.15, 0.2) is 9.84 Å². The zero-order valence-corrected chi connectivity index (χ0v) is 16.4. The van der Waals surface area contributed by atoms with Gasteiger partial charge in [-0.15, -0.1) is 0 Å². The molecule has 0 aromatic heterocycles. The van der Waals surface area contributed by atoms with Crippen molar-refractivity contribution in [3.05, 3.63) is 30.3 Å². The Morgan fingerprint density at radius 2 is 1.81 bits per heavy atom. The molecule has 0 unspecified atom stereocenters. The molecular weight excluding hydrogens is 368 g/mol. The molecule has 0 saturated carbocycles. The standard InChI is InChI=1S/C19H26N2O5S/c1-26-19(23)15-7-10-20(11-8-15)13-18(22)21(16-5-3-2-4-6-16)17-9-12-27(24,25)14-17/h2-6,15,17H,7-14H2,1H3/t17-/m0/s1. The van der Waals surface area contributed by atoms with E-state index in [1.54, 1.807) is 4.90 Å². The lowest BCUT2D eigenvalue weighted by molar-refractivity contribution is -0.147. The second-order valence-electron chi connectivity index (χ2n) is 7.23. The Labute approximate surface area is 160 Å². The van der Waals surface area contributed by atoms with Crippen LogP contribution in [-0.2, 0) is 24.2 Å². The number of rotatable bonds is 5. The lowest BCUT2D eigenvalue weighted by Gasteiger charge is -2.34. The van der Waals surface area contributed by atoms with E-state index in [1.165, 1.54) is 7.11 Å². The quantitative estimate of drug-likeness (QED) is 0.695. The summed E-state index contributed by atoms with van der Waals surface area (Å²) in [5.74, 6) is -0.258. The summed E-state index contributed by atoms with van der Waals surface area (Å²) < 4.78 is 28.7. The smallest absolute Gasteiger partial charge is 0.308 e. The predicted molar refractivity (Wildman–Crippen MR) is 102 cm³/mol. The molecule has 1 aromatic rings. The Hall–Kier alpha value is -1.93. The van der Waals surface area contributed by atoms with Crippen molar-refractivity contribution in [1.82, 2.24) is 4.90 Å². The number of amides is 1. The van der Waals surface area contributed by atoms with Crippen LogP contribution in [0, 0.1) is 5.92 Å². The van der Waals surface area contributed by atoms with E-state index in [-0.39, 0.29) is 41.9 Å². The van der Waals surface area contributed by atoms with Gasteiger partial charge < -0.3 is 9.64 Å². The van der Waals surface area contributed by atoms with E-state index in [9.17, 15) is 18.0 Å². The van der Waals surface area contributed by atoms with Crippen LogP contribution in [0.4, 0.5) is 5.69 Å². The number of sulfone groups is 1. The van der Waals surface area contributed by atoms with Gasteiger partial charge in [-0.2, -0.15) is 0 Å². The summed E-state index contributed by atoms with van der Waals surface area (Å²) in [5.41, 5.74) is 0.731. The Balaban J connectivity index is 1.68. The third-order valence-corrected chi connectivity index (χ3v) is 7.11. The lowest BCUT2D eigenvalue weighted by Crippen LogP contribution is -2.48. The fourth-order valence-electron chi connectivity index (χ4n) is 3.89. The van der Waals surface area contributed by atoms with Crippen molar-refractivity contribution in [2.75, 3.05) is 43.1 Å². The highest BCUT2D eigenvalue weighted by molar-refractivity contribution is 7.91. The molecule has 2 aliphatic rings. The normalized spacial score (nSPS) is 23.1. The number of anilines is 1. The number of hydrogen-bond acceptors (Lipinski definition) is 6. The molecule has 1 aromatic carbocycles. The van der Waals surface area contributed by atoms with Crippen LogP contribution in [0.5, 0.6) is 0 Å². The van der Waals surface area contributed by atoms with Crippen molar-refractivity contribution in [1.29, 1.82) is 0 Å². The number of ether oxygens (including phenoxy) is 1. The van der Waals surface area contributed by atoms with Crippen molar-refractivity contribution in [3.63, 3.8) is 0 Å². The maximum Gasteiger partial charge on any atom is 0.308 e. The van der Waals surface area contributed by atoms with Crippen LogP contribution >= 0.6 is 0 Å². The third-order valence-electron chi connectivity index (χ3n) is 5.36. The van der Waals surface area contributed by atoms with Crippen LogP contribution in [-0.4, -0.2) is 69.5 Å². The van der Waals surface area contributed by atoms with E-state index in [2.05, 4.69) is 0 Å². The zero-order chi connectivity index (χ0) is 19.4. The van der Waals surface area contributed by atoms with E-state index in [0.717, 1.165) is 5.69 Å². The number of benzene rings is 1. The summed E-state index contributed by atoms with van der Waals surface area (Å²) in [6.45, 7) is 1.52. The number of para-hydroxylation sites is 1. The first kappa shape index (κ1) is 19.8. The molecule has 1 atom stereocenters. The molecule has 1 amide bonds. The average molecular weight is 394 g/mol. The molecular formula is C19H26N2O5S. The Kier molecular flexibility index (Phi) is 6.16. The molecule has 0 bridgehead atoms. The number of carbonyl (C=O) groups excluding carboxylic acids is 2. The fraction of sp³-hybridized carbons (Fsp3) is 0.579. The zero-order valence-electron chi connectivity index (χ0n) is 15.5. The first-order valence-corrected chi connectivity index (χ1v) is 11.1. The number of carbonyl (C=O) groups is 2. The molecule has 2 heterocycles. The highest BCUT2D eigenvalue weighted by Gasteiger charge is 2.36. The largest absolute Gasteiger partial charge is 0.469 e. The topological polar surface area (TPSA) is 84.0 Å². The van der Waals surface area contributed by atoms with Gasteiger partial charge in [0, 0.05) is 5.69 Å². The van der Waals surface area contributed by atoms with Gasteiger partial charge in [-0.3, -0.25) is 14.5 Å². The van der Waals surface area contributed by atoms with Crippen LogP contribution in [0.3, 0.4) is 0 Å². The van der Waals surface area contributed by atoms with Gasteiger partial charge in [-0.05, 0) is 44.5 Å². The molecule has 2 fully saturated rings. The molecule has 2 saturated heterocycles. The number of esters is 1. The van der Waals surface area contributed by atoms with Gasteiger partial charge >= 0.3 is 5.97 Å². The summed E-state index contributed by atoms with van der Waals surface area (Å²) in [6.07, 6.45) is 1.81. The van der Waals surface area contributed by atoms with Gasteiger partial charge in [-0.1, -0.05) is 18.2 Å². The Bertz CT molecular complexity index is 773. The lowest BCUT2D eigenvalue weighted by atomic mass is 9.97. The van der Waals surface area contributed by atoms with Crippen LogP contribution in [0.25, 0.3) is 0 Å². The Morgan fingerprint density at radius 1 is 1.15 bits per heavy atom. The molecule has 7 nitrogen and oxygen atoms in total. The number of hydrogen-bond donors (Lipinski definition) is 0. The predicted octanol–water partition coefficient (Wildman–Crippen LogP) is 1.09. The monoisotopic (exact) mass is 394 g/mol. The van der Waals surface area contributed by atoms with Gasteiger partial charge in [0.25, 0.3) is 0 Å². The van der Waals surface area contributed by atoms with E-state index in [1.807, 2.05) is 35.2 Å². The SMILES string of the molecule is COC(=O)C1CCN(CC(=O)N(c2ccccc2)[C@H]2CCS(=O)(=O)C2)CC1. The number of likely N-dealkylation sites (tertiary alicyclic amines) is 1. The maximum atomic E-state index is 13.1. The minimum Gasteiger partial charge on any atom is -0.469 e. The average Bonchev–Trinajstić information content (AvgIpc) is 3.02. The molecule has 27 heavy (non-hydrogen) atoms. The summed E-state index contributed by atoms with van der Waals surface area (Å²) in [7, 11) is -1.70. The second-order valence-corrected chi connectivity index (χ2v) is 9.46. The maximum absolute atomic E-state index is 13.1. The minimum atomic E-state index is -3.09. The van der Waals surface area contributed by atoms with Crippen molar-refractivity contribution in [3.8, 4) is 0 Å². The molecule has 0 radical (unpaired) electrons. The minimum absolute atomic E-state index is 0.0120. The Morgan fingerprint density at radius 3 is 2.37 bits per heavy atom. The van der Waals surface area contributed by atoms with Crippen molar-refractivity contribution >= 4 is 27.4 Å². The second kappa shape index (κ2) is 8.39. The van der Waals surface area contributed by atoms with Crippen molar-refractivity contribution < 1.29 is 22.7 Å². The highest BCUT2D eigenvalue weighted by atomic mass is 32.2. The van der Waals surface area contributed by atoms with Crippen molar-refractivity contribution in [2.24, 2.45) is 5.92 Å². The highest BCUT2D eigenvalue weighted by Crippen LogP contribution is 2.25. The number of piperidine rings is 1. The van der Waals surface area contributed by atoms with Crippen LogP contribution < -0.4 is 4.90 Å². The van der Waals surface area contributed by atoms with Gasteiger partial charge in [-0.25, -0.2) is 8.42 Å². The molecule has 0 spiro atoms. The summed E-state index contributed by atoms with van der Waals surface area (Å²) in [5, 5.41) is 0. The first-order chi connectivity index (χ1) is 12.9. The molecule has 3 rings (SSSR count). The summed E-state index contributed by atoms with van der Waals surface area (Å²) >= 11 is 0. The van der Waals surface area contributed by atoms with E-state index < -0.39 is 9.84 Å². The third kappa shape index (κ3) is 4.87. The van der Waals surface area contributed by atoms with Crippen LogP contribution in [0.2, 0.25) is 0 Å². The van der Waals surface area contributed by atoms with Crippen molar-refractivity contribution in [2.45, 2.75) is 25.3 Å². The van der Waals surface area contributed by atoms with Gasteiger partial charge in [0.05, 0.1) is 37.1 Å². The molecule has 2 aliphatic heterocycles. The van der Waals surface area contributed by atoms with E-state index in [0.29, 0.717) is 32.4 Å². The molecule has 148 valence electrons. The number of methoxy groups -OCH3 is 1. The van der Waals surface area contributed by atoms with E-state index >= 15 is 0 Å². The molecule has 0 N–H and O–H groups in total. The van der Waals surface area contributed by atoms with E-state index in [4.69, 9.17) is 4.74 Å². The number of nitrogens with zero attached hydrogens (tertiary/aromatic N) is 2. The van der Waals surface area contributed by atoms with Gasteiger partial charge in [0.2, 0.25) is 5.91 Å². The van der Waals surface area contributed by atoms with Crippen LogP contribution in [0.15, 0.2) is 30.3 Å². The summed E-state index contributed by atoms with van der Waals surface area (Å²) in [6, 6.07) is 8.92. The van der Waals surface area contributed by atoms with Crippen LogP contribution in [0.1, 0.15) is 19.3 Å². The summed E-state index contributed by atoms with van der Waals surface area (Å²) in [4.78, 5) is 28.4. The first-order valence-electron chi connectivity index (χ1n) is 9.27.